The minimum Gasteiger partial charge on any atom is -0.365 e. The Bertz CT molecular complexity index is 474. The average Bonchev–Trinajstić information content (AvgIpc) is 2.61. The highest BCUT2D eigenvalue weighted by Crippen LogP contribution is 2.39. The summed E-state index contributed by atoms with van der Waals surface area (Å²) in [7, 11) is 0. The zero-order valence-corrected chi connectivity index (χ0v) is 11.3. The molecule has 2 atom stereocenters. The smallest absolute Gasteiger partial charge is 0.221 e. The predicted molar refractivity (Wildman–Crippen MR) is 77.2 cm³/mol. The van der Waals surface area contributed by atoms with E-state index in [1.54, 1.807) is 0 Å². The quantitative estimate of drug-likeness (QED) is 0.855. The van der Waals surface area contributed by atoms with Crippen LogP contribution in [0.25, 0.3) is 0 Å². The van der Waals surface area contributed by atoms with E-state index in [1.807, 2.05) is 12.1 Å². The predicted octanol–water partition coefficient (Wildman–Crippen LogP) is 2.10. The zero-order valence-electron chi connectivity index (χ0n) is 11.3. The Morgan fingerprint density at radius 3 is 2.63 bits per heavy atom. The van der Waals surface area contributed by atoms with E-state index in [0.717, 1.165) is 18.5 Å². The van der Waals surface area contributed by atoms with Crippen molar-refractivity contribution in [2.45, 2.75) is 50.7 Å². The number of hydrogen-bond acceptors (Lipinski definition) is 3. The molecule has 1 amide bonds. The second-order valence-corrected chi connectivity index (χ2v) is 5.76. The summed E-state index contributed by atoms with van der Waals surface area (Å²) in [4.78, 5) is 13.7. The first-order chi connectivity index (χ1) is 9.13. The molecule has 102 valence electrons. The summed E-state index contributed by atoms with van der Waals surface area (Å²) >= 11 is 0. The van der Waals surface area contributed by atoms with Gasteiger partial charge in [-0.1, -0.05) is 6.07 Å². The molecule has 4 nitrogen and oxygen atoms in total. The molecule has 2 aliphatic rings. The second kappa shape index (κ2) is 4.85. The van der Waals surface area contributed by atoms with Crippen LogP contribution in [-0.4, -0.2) is 24.0 Å². The van der Waals surface area contributed by atoms with Crippen LogP contribution < -0.4 is 16.0 Å². The summed E-state index contributed by atoms with van der Waals surface area (Å²) in [5.41, 5.74) is 8.20. The SMILES string of the molecule is CC(=O)Nc1cccc(N2C3CCC2CC(N)C3)c1. The van der Waals surface area contributed by atoms with Gasteiger partial charge in [0.05, 0.1) is 0 Å². The lowest BCUT2D eigenvalue weighted by molar-refractivity contribution is -0.114. The summed E-state index contributed by atoms with van der Waals surface area (Å²) in [6.45, 7) is 1.54. The number of nitrogens with zero attached hydrogens (tertiary/aromatic N) is 1. The molecule has 2 aliphatic heterocycles. The highest BCUT2D eigenvalue weighted by atomic mass is 16.1. The molecule has 0 radical (unpaired) electrons. The lowest BCUT2D eigenvalue weighted by atomic mass is 9.97. The first-order valence-electron chi connectivity index (χ1n) is 7.05. The Hall–Kier alpha value is -1.55. The van der Waals surface area contributed by atoms with Crippen molar-refractivity contribution in [2.24, 2.45) is 5.73 Å². The number of fused-ring (bicyclic) bond motifs is 2. The molecule has 3 N–H and O–H groups in total. The van der Waals surface area contributed by atoms with Gasteiger partial charge >= 0.3 is 0 Å². The largest absolute Gasteiger partial charge is 0.365 e. The molecule has 0 aromatic heterocycles. The van der Waals surface area contributed by atoms with Crippen molar-refractivity contribution in [3.63, 3.8) is 0 Å². The van der Waals surface area contributed by atoms with Gasteiger partial charge in [0.2, 0.25) is 5.91 Å². The van der Waals surface area contributed by atoms with Crippen LogP contribution in [-0.2, 0) is 4.79 Å². The van der Waals surface area contributed by atoms with Crippen molar-refractivity contribution < 1.29 is 4.79 Å². The van der Waals surface area contributed by atoms with Gasteiger partial charge in [-0.3, -0.25) is 4.79 Å². The molecule has 2 bridgehead atoms. The van der Waals surface area contributed by atoms with Crippen LogP contribution in [0.5, 0.6) is 0 Å². The number of piperidine rings is 1. The minimum atomic E-state index is -0.0270. The zero-order chi connectivity index (χ0) is 13.4. The summed E-state index contributed by atoms with van der Waals surface area (Å²) in [5.74, 6) is -0.0270. The summed E-state index contributed by atoms with van der Waals surface area (Å²) < 4.78 is 0. The fourth-order valence-corrected chi connectivity index (χ4v) is 3.59. The molecule has 2 saturated heterocycles. The van der Waals surface area contributed by atoms with E-state index in [0.29, 0.717) is 18.1 Å². The molecule has 2 fully saturated rings. The standard InChI is InChI=1S/C15H21N3O/c1-10(19)17-12-3-2-4-13(9-12)18-14-5-6-15(18)8-11(16)7-14/h2-4,9,11,14-15H,5-8,16H2,1H3,(H,17,19). The number of carbonyl (C=O) groups excluding carboxylic acids is 1. The molecule has 0 spiro atoms. The number of hydrogen-bond donors (Lipinski definition) is 2. The van der Waals surface area contributed by atoms with Crippen molar-refractivity contribution in [3.8, 4) is 0 Å². The van der Waals surface area contributed by atoms with E-state index in [9.17, 15) is 4.79 Å². The van der Waals surface area contributed by atoms with Gasteiger partial charge in [0.15, 0.2) is 0 Å². The fourth-order valence-electron chi connectivity index (χ4n) is 3.59. The van der Waals surface area contributed by atoms with E-state index >= 15 is 0 Å². The Balaban J connectivity index is 1.84. The van der Waals surface area contributed by atoms with Gasteiger partial charge < -0.3 is 16.0 Å². The molecule has 1 aromatic carbocycles. The molecule has 0 saturated carbocycles. The number of nitrogens with one attached hydrogen (secondary N) is 1. The van der Waals surface area contributed by atoms with E-state index in [1.165, 1.54) is 25.5 Å². The fraction of sp³-hybridized carbons (Fsp3) is 0.533. The maximum Gasteiger partial charge on any atom is 0.221 e. The number of anilines is 2. The van der Waals surface area contributed by atoms with Gasteiger partial charge in [0, 0.05) is 36.4 Å². The average molecular weight is 259 g/mol. The van der Waals surface area contributed by atoms with Gasteiger partial charge in [0.25, 0.3) is 0 Å². The summed E-state index contributed by atoms with van der Waals surface area (Å²) in [6.07, 6.45) is 4.65. The van der Waals surface area contributed by atoms with E-state index in [2.05, 4.69) is 22.3 Å². The van der Waals surface area contributed by atoms with Gasteiger partial charge in [-0.2, -0.15) is 0 Å². The topological polar surface area (TPSA) is 58.4 Å². The van der Waals surface area contributed by atoms with Crippen molar-refractivity contribution in [1.29, 1.82) is 0 Å². The summed E-state index contributed by atoms with van der Waals surface area (Å²) in [5, 5.41) is 2.85. The minimum absolute atomic E-state index is 0.0270. The van der Waals surface area contributed by atoms with Gasteiger partial charge in [-0.05, 0) is 43.9 Å². The molecular weight excluding hydrogens is 238 g/mol. The Kier molecular flexibility index (Phi) is 3.19. The number of carbonyl (C=O) groups is 1. The molecule has 3 rings (SSSR count). The third-order valence-corrected chi connectivity index (χ3v) is 4.23. The molecule has 0 aliphatic carbocycles. The van der Waals surface area contributed by atoms with Crippen LogP contribution in [0.15, 0.2) is 24.3 Å². The van der Waals surface area contributed by atoms with Crippen LogP contribution in [0, 0.1) is 0 Å². The van der Waals surface area contributed by atoms with Crippen LogP contribution in [0.3, 0.4) is 0 Å². The third kappa shape index (κ3) is 2.45. The Labute approximate surface area is 114 Å². The van der Waals surface area contributed by atoms with Gasteiger partial charge in [-0.25, -0.2) is 0 Å². The van der Waals surface area contributed by atoms with Gasteiger partial charge in [-0.15, -0.1) is 0 Å². The van der Waals surface area contributed by atoms with E-state index < -0.39 is 0 Å². The van der Waals surface area contributed by atoms with E-state index in [4.69, 9.17) is 5.73 Å². The lowest BCUT2D eigenvalue weighted by Gasteiger charge is -2.39. The lowest BCUT2D eigenvalue weighted by Crippen LogP contribution is -2.47. The van der Waals surface area contributed by atoms with Gasteiger partial charge in [0.1, 0.15) is 0 Å². The molecule has 4 heteroatoms. The summed E-state index contributed by atoms with van der Waals surface area (Å²) in [6, 6.07) is 9.64. The molecule has 2 unspecified atom stereocenters. The number of amides is 1. The molecule has 19 heavy (non-hydrogen) atoms. The number of rotatable bonds is 2. The molecule has 2 heterocycles. The van der Waals surface area contributed by atoms with Crippen molar-refractivity contribution in [2.75, 3.05) is 10.2 Å². The normalized spacial score (nSPS) is 29.4. The van der Waals surface area contributed by atoms with Crippen molar-refractivity contribution in [3.05, 3.63) is 24.3 Å². The van der Waals surface area contributed by atoms with Crippen LogP contribution >= 0.6 is 0 Å². The number of benzene rings is 1. The first kappa shape index (κ1) is 12.5. The van der Waals surface area contributed by atoms with Crippen LogP contribution in [0.1, 0.15) is 32.6 Å². The van der Waals surface area contributed by atoms with Crippen LogP contribution in [0.2, 0.25) is 0 Å². The highest BCUT2D eigenvalue weighted by Gasteiger charge is 2.39. The maximum atomic E-state index is 11.1. The third-order valence-electron chi connectivity index (χ3n) is 4.23. The Morgan fingerprint density at radius 1 is 1.32 bits per heavy atom. The Morgan fingerprint density at radius 2 is 2.00 bits per heavy atom. The monoisotopic (exact) mass is 259 g/mol. The number of nitrogens with two attached hydrogens (primary N) is 1. The van der Waals surface area contributed by atoms with Crippen molar-refractivity contribution in [1.82, 2.24) is 0 Å². The van der Waals surface area contributed by atoms with Crippen LogP contribution in [0.4, 0.5) is 11.4 Å². The maximum absolute atomic E-state index is 11.1. The second-order valence-electron chi connectivity index (χ2n) is 5.76. The highest BCUT2D eigenvalue weighted by molar-refractivity contribution is 5.89. The first-order valence-corrected chi connectivity index (χ1v) is 7.05. The molecular formula is C15H21N3O. The van der Waals surface area contributed by atoms with Crippen molar-refractivity contribution >= 4 is 17.3 Å². The van der Waals surface area contributed by atoms with E-state index in [-0.39, 0.29) is 5.91 Å². The molecule has 1 aromatic rings.